The summed E-state index contributed by atoms with van der Waals surface area (Å²) in [5, 5.41) is 3.55. The molecule has 0 radical (unpaired) electrons. The second-order valence-corrected chi connectivity index (χ2v) is 7.12. The van der Waals surface area contributed by atoms with Crippen LogP contribution in [-0.2, 0) is 4.74 Å². The van der Waals surface area contributed by atoms with Gasteiger partial charge in [-0.05, 0) is 34.1 Å². The van der Waals surface area contributed by atoms with E-state index in [-0.39, 0.29) is 12.1 Å². The summed E-state index contributed by atoms with van der Waals surface area (Å²) < 4.78 is 5.40. The Labute approximate surface area is 124 Å². The van der Waals surface area contributed by atoms with Crippen LogP contribution in [0.3, 0.4) is 0 Å². The number of amides is 1. The molecule has 1 amide bonds. The zero-order valence-electron chi connectivity index (χ0n) is 12.5. The third kappa shape index (κ3) is 4.18. The fraction of sp³-hybridized carbons (Fsp3) is 0.714. The van der Waals surface area contributed by atoms with Crippen LogP contribution < -0.4 is 5.32 Å². The van der Waals surface area contributed by atoms with E-state index in [1.165, 1.54) is 4.88 Å². The predicted octanol–water partition coefficient (Wildman–Crippen LogP) is 2.80. The van der Waals surface area contributed by atoms with E-state index >= 15 is 0 Å². The quantitative estimate of drug-likeness (QED) is 0.932. The monoisotopic (exact) mass is 297 g/mol. The Hall–Kier alpha value is -1.14. The Balaban J connectivity index is 1.82. The molecular weight excluding hydrogens is 274 g/mol. The maximum Gasteiger partial charge on any atom is 0.410 e. The van der Waals surface area contributed by atoms with Crippen molar-refractivity contribution < 1.29 is 9.53 Å². The Bertz CT molecular complexity index is 442. The molecule has 0 saturated carbocycles. The summed E-state index contributed by atoms with van der Waals surface area (Å²) >= 11 is 1.65. The van der Waals surface area contributed by atoms with Gasteiger partial charge in [0.2, 0.25) is 0 Å². The number of nitrogens with zero attached hydrogens (tertiary/aromatic N) is 2. The van der Waals surface area contributed by atoms with Crippen LogP contribution in [0.25, 0.3) is 0 Å². The normalized spacial score (nSPS) is 21.0. The van der Waals surface area contributed by atoms with Gasteiger partial charge in [0, 0.05) is 36.2 Å². The predicted molar refractivity (Wildman–Crippen MR) is 79.9 cm³/mol. The molecule has 0 spiro atoms. The van der Waals surface area contributed by atoms with Crippen molar-refractivity contribution >= 4 is 17.4 Å². The zero-order chi connectivity index (χ0) is 14.8. The smallest absolute Gasteiger partial charge is 0.410 e. The number of ether oxygens (including phenoxy) is 1. The van der Waals surface area contributed by atoms with Crippen LogP contribution >= 0.6 is 11.3 Å². The van der Waals surface area contributed by atoms with E-state index < -0.39 is 5.60 Å². The third-order valence-corrected chi connectivity index (χ3v) is 4.16. The van der Waals surface area contributed by atoms with Crippen LogP contribution in [0.15, 0.2) is 11.7 Å². The Morgan fingerprint density at radius 1 is 1.60 bits per heavy atom. The maximum absolute atomic E-state index is 12.0. The Kier molecular flexibility index (Phi) is 4.65. The highest BCUT2D eigenvalue weighted by molar-refractivity contribution is 7.09. The number of rotatable bonds is 3. The fourth-order valence-corrected chi connectivity index (χ4v) is 2.90. The second kappa shape index (κ2) is 6.10. The molecule has 1 saturated heterocycles. The van der Waals surface area contributed by atoms with Gasteiger partial charge in [-0.1, -0.05) is 0 Å². The summed E-state index contributed by atoms with van der Waals surface area (Å²) in [4.78, 5) is 19.1. The molecule has 1 aliphatic heterocycles. The van der Waals surface area contributed by atoms with Crippen molar-refractivity contribution in [2.24, 2.45) is 0 Å². The third-order valence-electron chi connectivity index (χ3n) is 3.20. The fourth-order valence-electron chi connectivity index (χ4n) is 2.26. The number of nitrogens with one attached hydrogen (secondary N) is 1. The minimum absolute atomic E-state index is 0.216. The summed E-state index contributed by atoms with van der Waals surface area (Å²) in [5.74, 6) is 0. The summed E-state index contributed by atoms with van der Waals surface area (Å²) in [5.41, 5.74) is 1.41. The molecule has 2 heterocycles. The van der Waals surface area contributed by atoms with Crippen molar-refractivity contribution in [3.8, 4) is 0 Å². The van der Waals surface area contributed by atoms with Gasteiger partial charge >= 0.3 is 6.09 Å². The van der Waals surface area contributed by atoms with Crippen LogP contribution in [0.1, 0.15) is 45.0 Å². The number of hydrogen-bond donors (Lipinski definition) is 1. The minimum atomic E-state index is -0.432. The van der Waals surface area contributed by atoms with E-state index in [1.807, 2.05) is 32.5 Å². The lowest BCUT2D eigenvalue weighted by molar-refractivity contribution is 0.0290. The van der Waals surface area contributed by atoms with Gasteiger partial charge < -0.3 is 15.0 Å². The molecule has 1 aliphatic rings. The van der Waals surface area contributed by atoms with Gasteiger partial charge in [0.1, 0.15) is 5.60 Å². The SMILES string of the molecule is CC(NC1CCN(C(=O)OC(C)(C)C)C1)c1cncs1. The topological polar surface area (TPSA) is 54.5 Å². The number of thiazole rings is 1. The molecule has 0 aliphatic carbocycles. The first-order chi connectivity index (χ1) is 9.35. The molecule has 0 aromatic carbocycles. The van der Waals surface area contributed by atoms with E-state index in [1.54, 1.807) is 16.2 Å². The molecule has 112 valence electrons. The average molecular weight is 297 g/mol. The molecule has 1 fully saturated rings. The summed E-state index contributed by atoms with van der Waals surface area (Å²) in [6.07, 6.45) is 2.64. The van der Waals surface area contributed by atoms with Crippen LogP contribution in [0.5, 0.6) is 0 Å². The van der Waals surface area contributed by atoms with Gasteiger partial charge in [0.05, 0.1) is 5.51 Å². The molecule has 2 unspecified atom stereocenters. The lowest BCUT2D eigenvalue weighted by Crippen LogP contribution is -2.38. The van der Waals surface area contributed by atoms with Crippen LogP contribution in [-0.4, -0.2) is 40.7 Å². The number of aromatic nitrogens is 1. The maximum atomic E-state index is 12.0. The van der Waals surface area contributed by atoms with Gasteiger partial charge in [-0.25, -0.2) is 4.79 Å². The van der Waals surface area contributed by atoms with Crippen molar-refractivity contribution in [3.05, 3.63) is 16.6 Å². The second-order valence-electron chi connectivity index (χ2n) is 6.20. The van der Waals surface area contributed by atoms with Gasteiger partial charge in [-0.3, -0.25) is 4.98 Å². The lowest BCUT2D eigenvalue weighted by atomic mass is 10.2. The zero-order valence-corrected chi connectivity index (χ0v) is 13.4. The molecule has 20 heavy (non-hydrogen) atoms. The molecule has 2 atom stereocenters. The van der Waals surface area contributed by atoms with Crippen molar-refractivity contribution in [2.75, 3.05) is 13.1 Å². The van der Waals surface area contributed by atoms with E-state index in [4.69, 9.17) is 4.74 Å². The molecule has 5 nitrogen and oxygen atoms in total. The first-order valence-electron chi connectivity index (χ1n) is 6.97. The number of carbonyl (C=O) groups excluding carboxylic acids is 1. The van der Waals surface area contributed by atoms with Gasteiger partial charge in [-0.2, -0.15) is 0 Å². The molecular formula is C14H23N3O2S. The van der Waals surface area contributed by atoms with Gasteiger partial charge in [-0.15, -0.1) is 11.3 Å². The van der Waals surface area contributed by atoms with Gasteiger partial charge in [0.15, 0.2) is 0 Å². The largest absolute Gasteiger partial charge is 0.444 e. The number of likely N-dealkylation sites (tertiary alicyclic amines) is 1. The molecule has 1 N–H and O–H groups in total. The average Bonchev–Trinajstić information content (AvgIpc) is 2.97. The van der Waals surface area contributed by atoms with E-state index in [9.17, 15) is 4.79 Å². The van der Waals surface area contributed by atoms with Gasteiger partial charge in [0.25, 0.3) is 0 Å². The van der Waals surface area contributed by atoms with E-state index in [0.717, 1.165) is 13.0 Å². The Morgan fingerprint density at radius 3 is 2.95 bits per heavy atom. The van der Waals surface area contributed by atoms with Crippen molar-refractivity contribution in [1.29, 1.82) is 0 Å². The van der Waals surface area contributed by atoms with E-state index in [2.05, 4.69) is 17.2 Å². The molecule has 1 aromatic heterocycles. The van der Waals surface area contributed by atoms with Crippen molar-refractivity contribution in [1.82, 2.24) is 15.2 Å². The highest BCUT2D eigenvalue weighted by atomic mass is 32.1. The van der Waals surface area contributed by atoms with Crippen LogP contribution in [0, 0.1) is 0 Å². The highest BCUT2D eigenvalue weighted by Gasteiger charge is 2.30. The van der Waals surface area contributed by atoms with Crippen molar-refractivity contribution in [2.45, 2.75) is 51.8 Å². The lowest BCUT2D eigenvalue weighted by Gasteiger charge is -2.25. The molecule has 6 heteroatoms. The van der Waals surface area contributed by atoms with Crippen LogP contribution in [0.4, 0.5) is 4.79 Å². The molecule has 1 aromatic rings. The summed E-state index contributed by atoms with van der Waals surface area (Å²) in [6, 6.07) is 0.589. The van der Waals surface area contributed by atoms with E-state index in [0.29, 0.717) is 12.6 Å². The first kappa shape index (κ1) is 15.3. The first-order valence-corrected chi connectivity index (χ1v) is 7.85. The molecule has 0 bridgehead atoms. The summed E-state index contributed by atoms with van der Waals surface area (Å²) in [6.45, 7) is 9.26. The minimum Gasteiger partial charge on any atom is -0.444 e. The summed E-state index contributed by atoms with van der Waals surface area (Å²) in [7, 11) is 0. The Morgan fingerprint density at radius 2 is 2.35 bits per heavy atom. The van der Waals surface area contributed by atoms with Crippen molar-refractivity contribution in [3.63, 3.8) is 0 Å². The molecule has 2 rings (SSSR count). The highest BCUT2D eigenvalue weighted by Crippen LogP contribution is 2.20. The number of hydrogen-bond acceptors (Lipinski definition) is 5. The standard InChI is InChI=1S/C14H23N3O2S/c1-10(12-7-15-9-20-12)16-11-5-6-17(8-11)13(18)19-14(2,3)4/h7,9-11,16H,5-6,8H2,1-4H3. The van der Waals surface area contributed by atoms with Crippen LogP contribution in [0.2, 0.25) is 0 Å². The number of carbonyl (C=O) groups is 1.